The summed E-state index contributed by atoms with van der Waals surface area (Å²) >= 11 is 12.3. The number of anilines is 1. The van der Waals surface area contributed by atoms with Gasteiger partial charge in [0.2, 0.25) is 0 Å². The fourth-order valence-electron chi connectivity index (χ4n) is 3.78. The van der Waals surface area contributed by atoms with Crippen molar-refractivity contribution >= 4 is 34.9 Å². The van der Waals surface area contributed by atoms with Crippen LogP contribution in [0.2, 0.25) is 10.3 Å². The maximum absolute atomic E-state index is 11.8. The molecule has 0 bridgehead atoms. The summed E-state index contributed by atoms with van der Waals surface area (Å²) < 4.78 is 14.4. The Kier molecular flexibility index (Phi) is 8.07. The van der Waals surface area contributed by atoms with Gasteiger partial charge in [0.1, 0.15) is 5.15 Å². The molecule has 4 rings (SSSR count). The fourth-order valence-corrected chi connectivity index (χ4v) is 4.10. The summed E-state index contributed by atoms with van der Waals surface area (Å²) in [5.41, 5.74) is 3.30. The lowest BCUT2D eigenvalue weighted by atomic mass is 10.00. The summed E-state index contributed by atoms with van der Waals surface area (Å²) in [5.74, 6) is 0. The molecule has 2 aromatic carbocycles. The van der Waals surface area contributed by atoms with E-state index in [1.165, 1.54) is 0 Å². The van der Waals surface area contributed by atoms with Crippen molar-refractivity contribution in [3.05, 3.63) is 81.9 Å². The van der Waals surface area contributed by atoms with Crippen molar-refractivity contribution in [2.24, 2.45) is 0 Å². The summed E-state index contributed by atoms with van der Waals surface area (Å²) in [7, 11) is 0. The van der Waals surface area contributed by atoms with Gasteiger partial charge in [-0.1, -0.05) is 59.6 Å². The Bertz CT molecular complexity index is 1110. The van der Waals surface area contributed by atoms with Crippen LogP contribution in [0.4, 0.5) is 10.5 Å². The van der Waals surface area contributed by atoms with Crippen LogP contribution in [-0.4, -0.2) is 33.3 Å². The molecule has 3 unspecified atom stereocenters. The third-order valence-corrected chi connectivity index (χ3v) is 6.30. The molecule has 1 saturated heterocycles. The van der Waals surface area contributed by atoms with Crippen LogP contribution >= 0.6 is 23.2 Å². The maximum Gasteiger partial charge on any atom is 0.319 e. The van der Waals surface area contributed by atoms with E-state index in [0.29, 0.717) is 30.4 Å². The molecular weight excluding hydrogens is 479 g/mol. The molecule has 1 aliphatic heterocycles. The Balaban J connectivity index is 1.54. The van der Waals surface area contributed by atoms with Crippen molar-refractivity contribution in [3.63, 3.8) is 0 Å². The normalized spacial score (nSPS) is 20.2. The van der Waals surface area contributed by atoms with Crippen molar-refractivity contribution in [3.8, 4) is 0 Å². The Morgan fingerprint density at radius 3 is 2.44 bits per heavy atom. The summed E-state index contributed by atoms with van der Waals surface area (Å²) in [6.45, 7) is 2.84. The highest BCUT2D eigenvalue weighted by Gasteiger charge is 2.32. The molecular formula is C24H26Cl2N4O4. The van der Waals surface area contributed by atoms with E-state index in [4.69, 9.17) is 32.7 Å². The molecule has 0 radical (unpaired) electrons. The second-order valence-corrected chi connectivity index (χ2v) is 8.65. The number of amides is 2. The summed E-state index contributed by atoms with van der Waals surface area (Å²) in [6, 6.07) is 14.7. The SMILES string of the molecule is CCNC(=O)Nc1ccc(C2OC(Cn3cnc(Cl)c3Cl)CC(c3ccc(CO)cc3)O2)cc1. The minimum atomic E-state index is -0.627. The minimum absolute atomic E-state index is 0.0171. The number of hydrogen-bond donors (Lipinski definition) is 3. The molecule has 8 nitrogen and oxygen atoms in total. The molecule has 3 N–H and O–H groups in total. The molecule has 180 valence electrons. The third kappa shape index (κ3) is 5.89. The van der Waals surface area contributed by atoms with Gasteiger partial charge in [-0.3, -0.25) is 0 Å². The number of imidazole rings is 1. The van der Waals surface area contributed by atoms with Crippen molar-refractivity contribution < 1.29 is 19.4 Å². The average molecular weight is 505 g/mol. The lowest BCUT2D eigenvalue weighted by Gasteiger charge is -2.36. The Hall–Kier alpha value is -2.62. The summed E-state index contributed by atoms with van der Waals surface area (Å²) in [6.07, 6.45) is 1.10. The predicted molar refractivity (Wildman–Crippen MR) is 130 cm³/mol. The summed E-state index contributed by atoms with van der Waals surface area (Å²) in [4.78, 5) is 15.8. The zero-order valence-electron chi connectivity index (χ0n) is 18.6. The molecule has 2 heterocycles. The number of aromatic nitrogens is 2. The molecule has 1 fully saturated rings. The van der Waals surface area contributed by atoms with Gasteiger partial charge in [-0.05, 0) is 30.2 Å². The Labute approximate surface area is 207 Å². The minimum Gasteiger partial charge on any atom is -0.392 e. The molecule has 10 heteroatoms. The summed E-state index contributed by atoms with van der Waals surface area (Å²) in [5, 5.41) is 15.4. The quantitative estimate of drug-likeness (QED) is 0.417. The Morgan fingerprint density at radius 1 is 1.12 bits per heavy atom. The lowest BCUT2D eigenvalue weighted by Crippen LogP contribution is -2.32. The van der Waals surface area contributed by atoms with E-state index >= 15 is 0 Å². The molecule has 1 aliphatic rings. The van der Waals surface area contributed by atoms with E-state index in [-0.39, 0.29) is 30.0 Å². The van der Waals surface area contributed by atoms with Crippen LogP contribution in [0.25, 0.3) is 0 Å². The number of nitrogens with zero attached hydrogens (tertiary/aromatic N) is 2. The average Bonchev–Trinajstić information content (AvgIpc) is 3.16. The van der Waals surface area contributed by atoms with E-state index in [1.54, 1.807) is 23.0 Å². The number of ether oxygens (including phenoxy) is 2. The van der Waals surface area contributed by atoms with Crippen molar-refractivity contribution in [2.45, 2.75) is 45.0 Å². The first-order chi connectivity index (χ1) is 16.5. The van der Waals surface area contributed by atoms with Crippen LogP contribution in [0.1, 0.15) is 42.4 Å². The number of carbonyl (C=O) groups is 1. The number of carbonyl (C=O) groups excluding carboxylic acids is 1. The van der Waals surface area contributed by atoms with Crippen molar-refractivity contribution in [1.29, 1.82) is 0 Å². The standard InChI is InChI=1S/C24H26Cl2N4O4/c1-2-27-24(32)29-18-9-7-17(8-10-18)23-33-19(12-30-14-28-21(25)22(30)26)11-20(34-23)16-5-3-15(13-31)4-6-16/h3-10,14,19-20,23,31H,2,11-13H2,1H3,(H2,27,29,32). The van der Waals surface area contributed by atoms with Crippen LogP contribution in [0.5, 0.6) is 0 Å². The van der Waals surface area contributed by atoms with Gasteiger partial charge in [0.25, 0.3) is 0 Å². The van der Waals surface area contributed by atoms with Gasteiger partial charge >= 0.3 is 6.03 Å². The van der Waals surface area contributed by atoms with Crippen LogP contribution in [0.15, 0.2) is 54.9 Å². The first-order valence-corrected chi connectivity index (χ1v) is 11.7. The lowest BCUT2D eigenvalue weighted by molar-refractivity contribution is -0.252. The number of halogens is 2. The van der Waals surface area contributed by atoms with Gasteiger partial charge in [-0.25, -0.2) is 9.78 Å². The second-order valence-electron chi connectivity index (χ2n) is 7.94. The van der Waals surface area contributed by atoms with Crippen LogP contribution in [-0.2, 0) is 22.6 Å². The van der Waals surface area contributed by atoms with E-state index in [2.05, 4.69) is 15.6 Å². The zero-order chi connectivity index (χ0) is 24.1. The highest BCUT2D eigenvalue weighted by Crippen LogP contribution is 2.39. The monoisotopic (exact) mass is 504 g/mol. The molecule has 1 aromatic heterocycles. The highest BCUT2D eigenvalue weighted by molar-refractivity contribution is 6.40. The first-order valence-electron chi connectivity index (χ1n) is 11.0. The van der Waals surface area contributed by atoms with Crippen molar-refractivity contribution in [1.82, 2.24) is 14.9 Å². The van der Waals surface area contributed by atoms with Gasteiger partial charge in [0.15, 0.2) is 11.4 Å². The molecule has 3 atom stereocenters. The Morgan fingerprint density at radius 2 is 1.82 bits per heavy atom. The molecule has 2 amide bonds. The second kappa shape index (κ2) is 11.2. The highest BCUT2D eigenvalue weighted by atomic mass is 35.5. The smallest absolute Gasteiger partial charge is 0.319 e. The van der Waals surface area contributed by atoms with Gasteiger partial charge in [-0.2, -0.15) is 0 Å². The van der Waals surface area contributed by atoms with E-state index in [0.717, 1.165) is 16.7 Å². The molecule has 3 aromatic rings. The number of hydrogen-bond acceptors (Lipinski definition) is 5. The zero-order valence-corrected chi connectivity index (χ0v) is 20.1. The van der Waals surface area contributed by atoms with Gasteiger partial charge in [0, 0.05) is 24.2 Å². The van der Waals surface area contributed by atoms with E-state index in [1.807, 2.05) is 43.3 Å². The van der Waals surface area contributed by atoms with Crippen molar-refractivity contribution in [2.75, 3.05) is 11.9 Å². The van der Waals surface area contributed by atoms with Crippen LogP contribution in [0.3, 0.4) is 0 Å². The van der Waals surface area contributed by atoms with Crippen LogP contribution < -0.4 is 10.6 Å². The first kappa shape index (κ1) is 24.5. The van der Waals surface area contributed by atoms with E-state index in [9.17, 15) is 9.90 Å². The largest absolute Gasteiger partial charge is 0.392 e. The van der Waals surface area contributed by atoms with Gasteiger partial charge < -0.3 is 29.8 Å². The number of urea groups is 1. The van der Waals surface area contributed by atoms with Gasteiger partial charge in [0.05, 0.1) is 31.7 Å². The van der Waals surface area contributed by atoms with E-state index < -0.39 is 6.29 Å². The van der Waals surface area contributed by atoms with Crippen LogP contribution in [0, 0.1) is 0 Å². The number of aliphatic hydroxyl groups excluding tert-OH is 1. The maximum atomic E-state index is 11.8. The molecule has 34 heavy (non-hydrogen) atoms. The molecule has 0 aliphatic carbocycles. The number of benzene rings is 2. The fraction of sp³-hybridized carbons (Fsp3) is 0.333. The number of rotatable bonds is 7. The number of aliphatic hydroxyl groups is 1. The van der Waals surface area contributed by atoms with Gasteiger partial charge in [-0.15, -0.1) is 0 Å². The predicted octanol–water partition coefficient (Wildman–Crippen LogP) is 5.07. The topological polar surface area (TPSA) is 97.6 Å². The number of nitrogens with one attached hydrogen (secondary N) is 2. The third-order valence-electron chi connectivity index (χ3n) is 5.53. The molecule has 0 spiro atoms. The molecule has 0 saturated carbocycles.